The van der Waals surface area contributed by atoms with Crippen LogP contribution < -0.4 is 0 Å². The second-order valence-corrected chi connectivity index (χ2v) is 7.00. The number of methoxy groups -OCH3 is 1. The molecule has 1 atom stereocenters. The Kier molecular flexibility index (Phi) is 18.1. The lowest BCUT2D eigenvalue weighted by Gasteiger charge is -2.17. The van der Waals surface area contributed by atoms with E-state index in [1.54, 1.807) is 13.3 Å². The molecule has 0 aliphatic heterocycles. The number of hydrogen-bond acceptors (Lipinski definition) is 5. The number of carboxylic acids is 2. The van der Waals surface area contributed by atoms with E-state index in [1.807, 2.05) is 17.1 Å². The standard InChI is InChI=1S/C19H36N2O2.C2H2O4/c1-3-4-5-6-7-8-9-10-11-12-15-23-19(17-22-2)16-21-14-13-20-18-21;3-1(4)2(5)6/h13-14,18-19H,3-12,15-17H2,1-2H3;(H,3,4)(H,5,6). The van der Waals surface area contributed by atoms with Gasteiger partial charge >= 0.3 is 11.9 Å². The van der Waals surface area contributed by atoms with E-state index in [-0.39, 0.29) is 6.10 Å². The molecular formula is C21H38N2O6. The van der Waals surface area contributed by atoms with Crippen LogP contribution in [-0.4, -0.2) is 58.1 Å². The van der Waals surface area contributed by atoms with Crippen molar-refractivity contribution < 1.29 is 29.3 Å². The van der Waals surface area contributed by atoms with Gasteiger partial charge < -0.3 is 24.3 Å². The molecule has 1 heterocycles. The van der Waals surface area contributed by atoms with E-state index in [2.05, 4.69) is 11.9 Å². The molecule has 2 N–H and O–H groups in total. The molecule has 0 amide bonds. The Hall–Kier alpha value is -1.93. The molecule has 1 unspecified atom stereocenters. The summed E-state index contributed by atoms with van der Waals surface area (Å²) >= 11 is 0. The topological polar surface area (TPSA) is 111 Å². The number of ether oxygens (including phenoxy) is 2. The molecule has 0 aromatic carbocycles. The Labute approximate surface area is 174 Å². The predicted molar refractivity (Wildman–Crippen MR) is 111 cm³/mol. The molecule has 8 heteroatoms. The lowest BCUT2D eigenvalue weighted by molar-refractivity contribution is -0.159. The van der Waals surface area contributed by atoms with Crippen LogP contribution in [0.15, 0.2) is 18.7 Å². The van der Waals surface area contributed by atoms with Crippen molar-refractivity contribution in [2.24, 2.45) is 0 Å². The van der Waals surface area contributed by atoms with Gasteiger partial charge in [0.1, 0.15) is 0 Å². The van der Waals surface area contributed by atoms with Crippen LogP contribution in [0.5, 0.6) is 0 Å². The van der Waals surface area contributed by atoms with Crippen LogP contribution in [0.25, 0.3) is 0 Å². The number of hydrogen-bond donors (Lipinski definition) is 2. The Bertz CT molecular complexity index is 495. The molecule has 1 aromatic rings. The predicted octanol–water partition coefficient (Wildman–Crippen LogP) is 3.99. The molecule has 1 aromatic heterocycles. The summed E-state index contributed by atoms with van der Waals surface area (Å²) in [5.41, 5.74) is 0. The summed E-state index contributed by atoms with van der Waals surface area (Å²) in [5.74, 6) is -3.65. The molecule has 0 aliphatic rings. The van der Waals surface area contributed by atoms with Crippen LogP contribution in [0.3, 0.4) is 0 Å². The van der Waals surface area contributed by atoms with E-state index in [0.29, 0.717) is 6.61 Å². The number of aliphatic carboxylic acids is 2. The van der Waals surface area contributed by atoms with E-state index in [4.69, 9.17) is 29.3 Å². The first kappa shape index (κ1) is 27.1. The minimum Gasteiger partial charge on any atom is -0.473 e. The molecule has 0 radical (unpaired) electrons. The molecule has 8 nitrogen and oxygen atoms in total. The van der Waals surface area contributed by atoms with Crippen molar-refractivity contribution >= 4 is 11.9 Å². The van der Waals surface area contributed by atoms with Crippen molar-refractivity contribution in [3.63, 3.8) is 0 Å². The average Bonchev–Trinajstić information content (AvgIpc) is 3.19. The zero-order valence-corrected chi connectivity index (χ0v) is 17.9. The quantitative estimate of drug-likeness (QED) is 0.311. The molecule has 168 valence electrons. The molecule has 1 rings (SSSR count). The van der Waals surface area contributed by atoms with Crippen LogP contribution in [0, 0.1) is 0 Å². The summed E-state index contributed by atoms with van der Waals surface area (Å²) in [7, 11) is 1.73. The van der Waals surface area contributed by atoms with Crippen molar-refractivity contribution in [3.8, 4) is 0 Å². The monoisotopic (exact) mass is 414 g/mol. The van der Waals surface area contributed by atoms with Gasteiger partial charge in [0.2, 0.25) is 0 Å². The highest BCUT2D eigenvalue weighted by Gasteiger charge is 2.09. The largest absolute Gasteiger partial charge is 0.473 e. The number of carbonyl (C=O) groups is 2. The van der Waals surface area contributed by atoms with Gasteiger partial charge in [-0.15, -0.1) is 0 Å². The minimum absolute atomic E-state index is 0.118. The van der Waals surface area contributed by atoms with Gasteiger partial charge in [-0.25, -0.2) is 14.6 Å². The molecule has 29 heavy (non-hydrogen) atoms. The fourth-order valence-electron chi connectivity index (χ4n) is 2.81. The van der Waals surface area contributed by atoms with Gasteiger partial charge in [0, 0.05) is 26.1 Å². The molecule has 0 spiro atoms. The highest BCUT2D eigenvalue weighted by molar-refractivity contribution is 6.27. The summed E-state index contributed by atoms with van der Waals surface area (Å²) in [6, 6.07) is 0. The number of nitrogens with zero attached hydrogens (tertiary/aromatic N) is 2. The first-order valence-corrected chi connectivity index (χ1v) is 10.5. The molecule has 0 saturated heterocycles. The van der Waals surface area contributed by atoms with Crippen LogP contribution in [0.4, 0.5) is 0 Å². The van der Waals surface area contributed by atoms with E-state index >= 15 is 0 Å². The van der Waals surface area contributed by atoms with Gasteiger partial charge in [-0.3, -0.25) is 0 Å². The third-order valence-electron chi connectivity index (χ3n) is 4.36. The third kappa shape index (κ3) is 17.9. The van der Waals surface area contributed by atoms with Crippen LogP contribution in [0.1, 0.15) is 71.1 Å². The van der Waals surface area contributed by atoms with E-state index in [9.17, 15) is 0 Å². The van der Waals surface area contributed by atoms with Crippen molar-refractivity contribution in [1.82, 2.24) is 9.55 Å². The van der Waals surface area contributed by atoms with Crippen LogP contribution >= 0.6 is 0 Å². The second-order valence-electron chi connectivity index (χ2n) is 7.00. The lowest BCUT2D eigenvalue weighted by Crippen LogP contribution is -2.25. The highest BCUT2D eigenvalue weighted by Crippen LogP contribution is 2.11. The Morgan fingerprint density at radius 1 is 0.966 bits per heavy atom. The maximum absolute atomic E-state index is 9.10. The second kappa shape index (κ2) is 19.4. The maximum Gasteiger partial charge on any atom is 0.414 e. The number of unbranched alkanes of at least 4 members (excludes halogenated alkanes) is 9. The molecular weight excluding hydrogens is 376 g/mol. The molecule has 0 bridgehead atoms. The molecule has 0 saturated carbocycles. The lowest BCUT2D eigenvalue weighted by atomic mass is 10.1. The van der Waals surface area contributed by atoms with Gasteiger partial charge in [-0.2, -0.15) is 0 Å². The average molecular weight is 415 g/mol. The Morgan fingerprint density at radius 2 is 1.52 bits per heavy atom. The van der Waals surface area contributed by atoms with Crippen molar-refractivity contribution in [2.75, 3.05) is 20.3 Å². The van der Waals surface area contributed by atoms with Crippen molar-refractivity contribution in [2.45, 2.75) is 83.8 Å². The number of rotatable bonds is 16. The SMILES string of the molecule is CCCCCCCCCCCCOC(COC)Cn1ccnc1.O=C(O)C(=O)O. The van der Waals surface area contributed by atoms with Gasteiger partial charge in [0.05, 0.1) is 25.6 Å². The van der Waals surface area contributed by atoms with Gasteiger partial charge in [-0.05, 0) is 6.42 Å². The highest BCUT2D eigenvalue weighted by atomic mass is 16.5. The zero-order valence-electron chi connectivity index (χ0n) is 17.9. The third-order valence-corrected chi connectivity index (χ3v) is 4.36. The Morgan fingerprint density at radius 3 is 1.97 bits per heavy atom. The van der Waals surface area contributed by atoms with E-state index in [1.165, 1.54) is 57.8 Å². The van der Waals surface area contributed by atoms with E-state index in [0.717, 1.165) is 19.6 Å². The summed E-state index contributed by atoms with van der Waals surface area (Å²) < 4.78 is 13.2. The van der Waals surface area contributed by atoms with Gasteiger partial charge in [-0.1, -0.05) is 64.7 Å². The Balaban J connectivity index is 0.00000113. The fourth-order valence-corrected chi connectivity index (χ4v) is 2.81. The van der Waals surface area contributed by atoms with Gasteiger partial charge in [0.25, 0.3) is 0 Å². The van der Waals surface area contributed by atoms with Crippen LogP contribution in [-0.2, 0) is 25.6 Å². The number of carboxylic acid groups (broad SMARTS) is 2. The number of aromatic nitrogens is 2. The van der Waals surface area contributed by atoms with Crippen molar-refractivity contribution in [3.05, 3.63) is 18.7 Å². The first-order chi connectivity index (χ1) is 14.0. The first-order valence-electron chi connectivity index (χ1n) is 10.5. The molecule has 0 fully saturated rings. The summed E-state index contributed by atoms with van der Waals surface area (Å²) in [6.45, 7) is 4.55. The summed E-state index contributed by atoms with van der Waals surface area (Å²) in [5, 5.41) is 14.8. The zero-order chi connectivity index (χ0) is 21.7. The summed E-state index contributed by atoms with van der Waals surface area (Å²) in [6.07, 6.45) is 19.2. The molecule has 0 aliphatic carbocycles. The normalized spacial score (nSPS) is 11.5. The fraction of sp³-hybridized carbons (Fsp3) is 0.762. The van der Waals surface area contributed by atoms with Gasteiger partial charge in [0.15, 0.2) is 0 Å². The number of imidazole rings is 1. The summed E-state index contributed by atoms with van der Waals surface area (Å²) in [4.78, 5) is 22.3. The van der Waals surface area contributed by atoms with Crippen LogP contribution in [0.2, 0.25) is 0 Å². The van der Waals surface area contributed by atoms with Crippen molar-refractivity contribution in [1.29, 1.82) is 0 Å². The minimum atomic E-state index is -1.82. The van der Waals surface area contributed by atoms with E-state index < -0.39 is 11.9 Å². The smallest absolute Gasteiger partial charge is 0.414 e. The maximum atomic E-state index is 9.10.